The second-order valence-electron chi connectivity index (χ2n) is 7.31. The first kappa shape index (κ1) is 15.4. The summed E-state index contributed by atoms with van der Waals surface area (Å²) >= 11 is 0. The van der Waals surface area contributed by atoms with Crippen LogP contribution in [0.5, 0.6) is 0 Å². The molecule has 0 unspecified atom stereocenters. The van der Waals surface area contributed by atoms with E-state index >= 15 is 0 Å². The number of aromatic nitrogens is 2. The highest BCUT2D eigenvalue weighted by Gasteiger charge is 2.46. The summed E-state index contributed by atoms with van der Waals surface area (Å²) in [5.41, 5.74) is 10.2. The molecule has 2 N–H and O–H groups in total. The Morgan fingerprint density at radius 1 is 1.25 bits per heavy atom. The number of anilines is 1. The maximum atomic E-state index is 12.2. The predicted octanol–water partition coefficient (Wildman–Crippen LogP) is 1.93. The minimum atomic E-state index is 0.0326. The van der Waals surface area contributed by atoms with Gasteiger partial charge >= 0.3 is 0 Å². The minimum absolute atomic E-state index is 0.0326. The molecule has 1 aromatic carbocycles. The summed E-state index contributed by atoms with van der Waals surface area (Å²) in [5.74, 6) is 0.768. The maximum absolute atomic E-state index is 12.2. The van der Waals surface area contributed by atoms with Gasteiger partial charge in [0, 0.05) is 37.9 Å². The number of rotatable bonds is 1. The average molecular weight is 324 g/mol. The van der Waals surface area contributed by atoms with Crippen LogP contribution in [0, 0.1) is 12.3 Å². The monoisotopic (exact) mass is 324 g/mol. The number of hydrogen-bond donors (Lipinski definition) is 1. The lowest BCUT2D eigenvalue weighted by molar-refractivity contribution is 0.186. The van der Waals surface area contributed by atoms with Gasteiger partial charge in [-0.15, -0.1) is 0 Å². The first-order valence-corrected chi connectivity index (χ1v) is 8.63. The zero-order valence-corrected chi connectivity index (χ0v) is 14.3. The fourth-order valence-electron chi connectivity index (χ4n) is 4.40. The molecule has 1 fully saturated rings. The van der Waals surface area contributed by atoms with Gasteiger partial charge in [0.15, 0.2) is 0 Å². The third kappa shape index (κ3) is 2.18. The lowest BCUT2D eigenvalue weighted by Gasteiger charge is -2.42. The van der Waals surface area contributed by atoms with Crippen molar-refractivity contribution in [2.45, 2.75) is 32.2 Å². The van der Waals surface area contributed by atoms with Crippen molar-refractivity contribution in [1.82, 2.24) is 9.55 Å². The van der Waals surface area contributed by atoms with Gasteiger partial charge in [-0.05, 0) is 42.7 Å². The van der Waals surface area contributed by atoms with Crippen LogP contribution in [0.3, 0.4) is 0 Å². The summed E-state index contributed by atoms with van der Waals surface area (Å²) < 4.78 is 1.66. The highest BCUT2D eigenvalue weighted by atomic mass is 16.1. The zero-order chi connectivity index (χ0) is 16.9. The van der Waals surface area contributed by atoms with Crippen LogP contribution in [0.2, 0.25) is 0 Å². The number of hydrogen-bond acceptors (Lipinski definition) is 4. The molecular weight excluding hydrogens is 300 g/mol. The van der Waals surface area contributed by atoms with E-state index in [1.54, 1.807) is 24.7 Å². The average Bonchev–Trinajstić information content (AvgIpc) is 2.87. The number of nitrogens with zero attached hydrogens (tertiary/aromatic N) is 3. The maximum Gasteiger partial charge on any atom is 0.257 e. The van der Waals surface area contributed by atoms with Gasteiger partial charge in [-0.2, -0.15) is 0 Å². The molecule has 4 rings (SSSR count). The molecule has 1 atom stereocenters. The lowest BCUT2D eigenvalue weighted by Crippen LogP contribution is -2.46. The summed E-state index contributed by atoms with van der Waals surface area (Å²) in [5, 5.41) is 0. The normalized spacial score (nSPS) is 22.0. The Balaban J connectivity index is 1.56. The van der Waals surface area contributed by atoms with E-state index in [-0.39, 0.29) is 17.0 Å². The van der Waals surface area contributed by atoms with Gasteiger partial charge in [0.1, 0.15) is 0 Å². The number of aryl methyl sites for hydroxylation is 1. The molecule has 2 aromatic rings. The van der Waals surface area contributed by atoms with Crippen molar-refractivity contribution >= 4 is 5.95 Å². The van der Waals surface area contributed by atoms with Crippen molar-refractivity contribution in [3.8, 4) is 0 Å². The summed E-state index contributed by atoms with van der Waals surface area (Å²) in [6.07, 6.45) is 4.82. The van der Waals surface area contributed by atoms with Gasteiger partial charge in [-0.1, -0.05) is 24.3 Å². The third-order valence-electron chi connectivity index (χ3n) is 5.95. The van der Waals surface area contributed by atoms with E-state index in [2.05, 4.69) is 34.1 Å². The number of piperidine rings is 1. The van der Waals surface area contributed by atoms with Crippen molar-refractivity contribution in [2.24, 2.45) is 18.2 Å². The van der Waals surface area contributed by atoms with Crippen molar-refractivity contribution in [2.75, 3.05) is 18.0 Å². The molecule has 1 saturated heterocycles. The predicted molar refractivity (Wildman–Crippen MR) is 95.2 cm³/mol. The number of nitrogens with two attached hydrogens (primary N) is 1. The van der Waals surface area contributed by atoms with Crippen LogP contribution in [0.4, 0.5) is 5.95 Å². The molecule has 1 aromatic heterocycles. The van der Waals surface area contributed by atoms with E-state index in [0.29, 0.717) is 5.56 Å². The smallest absolute Gasteiger partial charge is 0.257 e. The van der Waals surface area contributed by atoms with Gasteiger partial charge < -0.3 is 10.6 Å². The van der Waals surface area contributed by atoms with Crippen LogP contribution in [0.25, 0.3) is 0 Å². The molecule has 0 saturated carbocycles. The molecule has 1 aliphatic heterocycles. The van der Waals surface area contributed by atoms with E-state index < -0.39 is 0 Å². The van der Waals surface area contributed by atoms with Gasteiger partial charge in [-0.25, -0.2) is 4.98 Å². The topological polar surface area (TPSA) is 64.2 Å². The van der Waals surface area contributed by atoms with Crippen molar-refractivity contribution in [3.05, 3.63) is 57.5 Å². The summed E-state index contributed by atoms with van der Waals surface area (Å²) in [6, 6.07) is 8.68. The van der Waals surface area contributed by atoms with Crippen LogP contribution in [0.15, 0.2) is 35.3 Å². The van der Waals surface area contributed by atoms with Gasteiger partial charge in [0.2, 0.25) is 5.95 Å². The molecule has 0 amide bonds. The Bertz CT molecular complexity index is 834. The first-order valence-electron chi connectivity index (χ1n) is 8.63. The molecule has 5 nitrogen and oxygen atoms in total. The van der Waals surface area contributed by atoms with Crippen LogP contribution in [-0.4, -0.2) is 22.6 Å². The van der Waals surface area contributed by atoms with Gasteiger partial charge in [0.05, 0.1) is 0 Å². The molecule has 5 heteroatoms. The molecule has 24 heavy (non-hydrogen) atoms. The zero-order valence-electron chi connectivity index (χ0n) is 14.3. The molecule has 2 heterocycles. The fourth-order valence-corrected chi connectivity index (χ4v) is 4.40. The molecular formula is C19H24N4O. The summed E-state index contributed by atoms with van der Waals surface area (Å²) in [6.45, 7) is 3.59. The van der Waals surface area contributed by atoms with E-state index in [0.717, 1.165) is 38.3 Å². The molecule has 126 valence electrons. The third-order valence-corrected chi connectivity index (χ3v) is 5.95. The van der Waals surface area contributed by atoms with E-state index in [1.807, 2.05) is 0 Å². The minimum Gasteiger partial charge on any atom is -0.342 e. The Morgan fingerprint density at radius 3 is 2.67 bits per heavy atom. The molecule has 2 aliphatic rings. The van der Waals surface area contributed by atoms with Crippen LogP contribution < -0.4 is 16.2 Å². The quantitative estimate of drug-likeness (QED) is 0.870. The molecule has 0 bridgehead atoms. The Kier molecular flexibility index (Phi) is 3.49. The molecule has 1 aliphatic carbocycles. The second kappa shape index (κ2) is 5.45. The number of benzene rings is 1. The van der Waals surface area contributed by atoms with Crippen molar-refractivity contribution in [1.29, 1.82) is 0 Å². The summed E-state index contributed by atoms with van der Waals surface area (Å²) in [7, 11) is 1.80. The highest BCUT2D eigenvalue weighted by molar-refractivity contribution is 5.40. The highest BCUT2D eigenvalue weighted by Crippen LogP contribution is 2.50. The lowest BCUT2D eigenvalue weighted by atomic mass is 9.73. The SMILES string of the molecule is Cc1cnc(N2CCC3(CC2)Cc2ccccc2[C@H]3N)n(C)c1=O. The van der Waals surface area contributed by atoms with E-state index in [1.165, 1.54) is 11.1 Å². The summed E-state index contributed by atoms with van der Waals surface area (Å²) in [4.78, 5) is 18.9. The largest absolute Gasteiger partial charge is 0.342 e. The van der Waals surface area contributed by atoms with Crippen molar-refractivity contribution in [3.63, 3.8) is 0 Å². The van der Waals surface area contributed by atoms with Gasteiger partial charge in [0.25, 0.3) is 5.56 Å². The van der Waals surface area contributed by atoms with Crippen molar-refractivity contribution < 1.29 is 0 Å². The van der Waals surface area contributed by atoms with E-state index in [9.17, 15) is 4.79 Å². The Morgan fingerprint density at radius 2 is 1.96 bits per heavy atom. The first-order chi connectivity index (χ1) is 11.5. The van der Waals surface area contributed by atoms with Crippen LogP contribution in [-0.2, 0) is 13.5 Å². The Labute approximate surface area is 142 Å². The standard InChI is InChI=1S/C19H24N4O/c1-13-12-21-18(22(2)17(13)24)23-9-7-19(8-10-23)11-14-5-3-4-6-15(14)16(19)20/h3-6,12,16H,7-11,20H2,1-2H3/t16-/m1/s1. The molecule has 1 spiro atoms. The van der Waals surface area contributed by atoms with Crippen LogP contribution in [0.1, 0.15) is 35.6 Å². The second-order valence-corrected chi connectivity index (χ2v) is 7.31. The van der Waals surface area contributed by atoms with E-state index in [4.69, 9.17) is 5.73 Å². The number of fused-ring (bicyclic) bond motifs is 1. The fraction of sp³-hybridized carbons (Fsp3) is 0.474. The molecule has 0 radical (unpaired) electrons. The van der Waals surface area contributed by atoms with Crippen LogP contribution >= 0.6 is 0 Å². The van der Waals surface area contributed by atoms with Gasteiger partial charge in [-0.3, -0.25) is 9.36 Å². The Hall–Kier alpha value is -2.14.